The Morgan fingerprint density at radius 1 is 0.909 bits per heavy atom. The molecule has 0 aromatic heterocycles. The molecular formula is C15H14F3NO2S. The summed E-state index contributed by atoms with van der Waals surface area (Å²) in [6.45, 7) is 0.114. The third-order valence-corrected chi connectivity index (χ3v) is 4.52. The number of nitrogens with one attached hydrogen (secondary N) is 1. The van der Waals surface area contributed by atoms with Gasteiger partial charge in [0.15, 0.2) is 0 Å². The Morgan fingerprint density at radius 3 is 2.05 bits per heavy atom. The van der Waals surface area contributed by atoms with Gasteiger partial charge in [0.1, 0.15) is 0 Å². The van der Waals surface area contributed by atoms with Crippen molar-refractivity contribution >= 4 is 10.0 Å². The molecule has 0 aliphatic rings. The van der Waals surface area contributed by atoms with E-state index in [-0.39, 0.29) is 11.4 Å². The lowest BCUT2D eigenvalue weighted by molar-refractivity contribution is -0.137. The van der Waals surface area contributed by atoms with E-state index < -0.39 is 21.8 Å². The van der Waals surface area contributed by atoms with Crippen molar-refractivity contribution in [1.29, 1.82) is 0 Å². The second kappa shape index (κ2) is 6.50. The molecule has 0 spiro atoms. The summed E-state index contributed by atoms with van der Waals surface area (Å²) in [6.07, 6.45) is -4.06. The Morgan fingerprint density at radius 2 is 1.50 bits per heavy atom. The van der Waals surface area contributed by atoms with Crippen LogP contribution in [-0.2, 0) is 22.6 Å². The molecule has 1 N–H and O–H groups in total. The Hall–Kier alpha value is -1.86. The van der Waals surface area contributed by atoms with Crippen molar-refractivity contribution in [2.75, 3.05) is 6.54 Å². The molecule has 2 aromatic rings. The van der Waals surface area contributed by atoms with Gasteiger partial charge in [-0.05, 0) is 36.2 Å². The second-order valence-electron chi connectivity index (χ2n) is 4.66. The maximum atomic E-state index is 12.4. The molecule has 0 aliphatic carbocycles. The van der Waals surface area contributed by atoms with Crippen molar-refractivity contribution in [1.82, 2.24) is 4.72 Å². The fourth-order valence-electron chi connectivity index (χ4n) is 1.87. The van der Waals surface area contributed by atoms with Gasteiger partial charge < -0.3 is 0 Å². The largest absolute Gasteiger partial charge is 0.416 e. The summed E-state index contributed by atoms with van der Waals surface area (Å²) in [6, 6.07) is 12.6. The number of hydrogen-bond acceptors (Lipinski definition) is 2. The molecule has 3 nitrogen and oxygen atoms in total. The number of halogens is 3. The molecule has 0 atom stereocenters. The number of benzene rings is 2. The summed E-state index contributed by atoms with van der Waals surface area (Å²) in [5, 5.41) is 0. The molecule has 22 heavy (non-hydrogen) atoms. The van der Waals surface area contributed by atoms with Crippen molar-refractivity contribution < 1.29 is 21.6 Å². The van der Waals surface area contributed by atoms with E-state index in [1.54, 1.807) is 18.2 Å². The van der Waals surface area contributed by atoms with Crippen LogP contribution in [0.4, 0.5) is 13.2 Å². The Kier molecular flexibility index (Phi) is 4.87. The molecule has 0 fully saturated rings. The summed E-state index contributed by atoms with van der Waals surface area (Å²) < 4.78 is 63.6. The Labute approximate surface area is 126 Å². The molecule has 0 unspecified atom stereocenters. The Balaban J connectivity index is 1.94. The van der Waals surface area contributed by atoms with Gasteiger partial charge in [-0.2, -0.15) is 13.2 Å². The SMILES string of the molecule is O=S(=O)(NCCc1ccc(C(F)(F)F)cc1)c1ccccc1. The predicted octanol–water partition coefficient (Wildman–Crippen LogP) is 3.23. The van der Waals surface area contributed by atoms with Crippen molar-refractivity contribution in [3.8, 4) is 0 Å². The minimum Gasteiger partial charge on any atom is -0.211 e. The summed E-state index contributed by atoms with van der Waals surface area (Å²) in [7, 11) is -3.59. The average Bonchev–Trinajstić information content (AvgIpc) is 2.48. The fourth-order valence-corrected chi connectivity index (χ4v) is 2.93. The van der Waals surface area contributed by atoms with E-state index in [1.807, 2.05) is 0 Å². The van der Waals surface area contributed by atoms with Gasteiger partial charge in [-0.15, -0.1) is 0 Å². The van der Waals surface area contributed by atoms with Crippen LogP contribution < -0.4 is 4.72 Å². The van der Waals surface area contributed by atoms with Crippen molar-refractivity contribution in [2.24, 2.45) is 0 Å². The van der Waals surface area contributed by atoms with Crippen LogP contribution in [0.2, 0.25) is 0 Å². The van der Waals surface area contributed by atoms with Crippen LogP contribution >= 0.6 is 0 Å². The number of sulfonamides is 1. The molecule has 2 rings (SSSR count). The molecule has 0 heterocycles. The van der Waals surface area contributed by atoms with E-state index in [9.17, 15) is 21.6 Å². The highest BCUT2D eigenvalue weighted by Crippen LogP contribution is 2.29. The van der Waals surface area contributed by atoms with E-state index in [1.165, 1.54) is 24.3 Å². The zero-order valence-electron chi connectivity index (χ0n) is 11.5. The van der Waals surface area contributed by atoms with Gasteiger partial charge in [-0.1, -0.05) is 30.3 Å². The topological polar surface area (TPSA) is 46.2 Å². The van der Waals surface area contributed by atoms with Gasteiger partial charge in [-0.3, -0.25) is 0 Å². The lowest BCUT2D eigenvalue weighted by Crippen LogP contribution is -2.25. The van der Waals surface area contributed by atoms with E-state index in [2.05, 4.69) is 4.72 Å². The molecule has 2 aromatic carbocycles. The molecule has 0 radical (unpaired) electrons. The first-order valence-corrected chi connectivity index (χ1v) is 7.98. The molecule has 0 saturated heterocycles. The lowest BCUT2D eigenvalue weighted by atomic mass is 10.1. The quantitative estimate of drug-likeness (QED) is 0.915. The van der Waals surface area contributed by atoms with Gasteiger partial charge in [-0.25, -0.2) is 13.1 Å². The summed E-state index contributed by atoms with van der Waals surface area (Å²) in [4.78, 5) is 0.155. The highest BCUT2D eigenvalue weighted by atomic mass is 32.2. The zero-order chi connectivity index (χ0) is 16.2. The minimum atomic E-state index is -4.37. The van der Waals surface area contributed by atoms with Crippen LogP contribution in [0.5, 0.6) is 0 Å². The van der Waals surface area contributed by atoms with Crippen LogP contribution in [0, 0.1) is 0 Å². The van der Waals surface area contributed by atoms with Crippen molar-refractivity contribution in [2.45, 2.75) is 17.5 Å². The maximum Gasteiger partial charge on any atom is 0.416 e. The fraction of sp³-hybridized carbons (Fsp3) is 0.200. The highest BCUT2D eigenvalue weighted by Gasteiger charge is 2.29. The van der Waals surface area contributed by atoms with E-state index >= 15 is 0 Å². The first kappa shape index (κ1) is 16.5. The van der Waals surface area contributed by atoms with Gasteiger partial charge in [0, 0.05) is 6.54 Å². The van der Waals surface area contributed by atoms with Gasteiger partial charge in [0.05, 0.1) is 10.5 Å². The van der Waals surface area contributed by atoms with Gasteiger partial charge in [0.2, 0.25) is 10.0 Å². The van der Waals surface area contributed by atoms with Crippen LogP contribution in [0.3, 0.4) is 0 Å². The first-order valence-electron chi connectivity index (χ1n) is 6.50. The monoisotopic (exact) mass is 329 g/mol. The van der Waals surface area contributed by atoms with Crippen molar-refractivity contribution in [3.63, 3.8) is 0 Å². The third-order valence-electron chi connectivity index (χ3n) is 3.04. The van der Waals surface area contributed by atoms with E-state index in [0.29, 0.717) is 12.0 Å². The van der Waals surface area contributed by atoms with Crippen molar-refractivity contribution in [3.05, 3.63) is 65.7 Å². The van der Waals surface area contributed by atoms with Crippen LogP contribution in [0.1, 0.15) is 11.1 Å². The molecule has 7 heteroatoms. The molecular weight excluding hydrogens is 315 g/mol. The predicted molar refractivity (Wildman–Crippen MR) is 76.8 cm³/mol. The molecule has 0 aliphatic heterocycles. The molecule has 0 amide bonds. The lowest BCUT2D eigenvalue weighted by Gasteiger charge is -2.09. The second-order valence-corrected chi connectivity index (χ2v) is 6.42. The molecule has 0 bridgehead atoms. The smallest absolute Gasteiger partial charge is 0.211 e. The van der Waals surface area contributed by atoms with Gasteiger partial charge >= 0.3 is 6.18 Å². The molecule has 118 valence electrons. The van der Waals surface area contributed by atoms with Crippen LogP contribution in [0.15, 0.2) is 59.5 Å². The van der Waals surface area contributed by atoms with Crippen LogP contribution in [0.25, 0.3) is 0 Å². The minimum absolute atomic E-state index is 0.114. The summed E-state index contributed by atoms with van der Waals surface area (Å²) in [5.41, 5.74) is -0.0927. The average molecular weight is 329 g/mol. The number of rotatable bonds is 5. The standard InChI is InChI=1S/C15H14F3NO2S/c16-15(17,18)13-8-6-12(7-9-13)10-11-19-22(20,21)14-4-2-1-3-5-14/h1-9,19H,10-11H2. The zero-order valence-corrected chi connectivity index (χ0v) is 12.3. The Bertz CT molecular complexity index is 711. The summed E-state index contributed by atoms with van der Waals surface area (Å²) in [5.74, 6) is 0. The maximum absolute atomic E-state index is 12.4. The highest BCUT2D eigenvalue weighted by molar-refractivity contribution is 7.89. The van der Waals surface area contributed by atoms with Gasteiger partial charge in [0.25, 0.3) is 0 Å². The number of alkyl halides is 3. The first-order chi connectivity index (χ1) is 10.3. The normalized spacial score (nSPS) is 12.3. The van der Waals surface area contributed by atoms with E-state index in [0.717, 1.165) is 12.1 Å². The van der Waals surface area contributed by atoms with Crippen LogP contribution in [-0.4, -0.2) is 15.0 Å². The summed E-state index contributed by atoms with van der Waals surface area (Å²) >= 11 is 0. The molecule has 0 saturated carbocycles. The third kappa shape index (κ3) is 4.32. The number of hydrogen-bond donors (Lipinski definition) is 1. The van der Waals surface area contributed by atoms with E-state index in [4.69, 9.17) is 0 Å².